The zero-order valence-electron chi connectivity index (χ0n) is 23.5. The molecule has 7 heteroatoms. The van der Waals surface area contributed by atoms with Gasteiger partial charge in [0.1, 0.15) is 0 Å². The second kappa shape index (κ2) is 13.4. The fourth-order valence-electron chi connectivity index (χ4n) is 5.28. The highest BCUT2D eigenvalue weighted by Crippen LogP contribution is 2.32. The smallest absolute Gasteiger partial charge is 0.413 e. The van der Waals surface area contributed by atoms with Crippen molar-refractivity contribution in [1.82, 2.24) is 14.7 Å². The third kappa shape index (κ3) is 6.85. The molecule has 0 bridgehead atoms. The van der Waals surface area contributed by atoms with E-state index >= 15 is 0 Å². The van der Waals surface area contributed by atoms with Crippen molar-refractivity contribution in [2.45, 2.75) is 26.4 Å². The fraction of sp³-hybridized carbons (Fsp3) is 0.375. The monoisotopic (exact) mass is 528 g/mol. The molecule has 0 aliphatic carbocycles. The van der Waals surface area contributed by atoms with Gasteiger partial charge in [-0.1, -0.05) is 54.6 Å². The average Bonchev–Trinajstić information content (AvgIpc) is 2.99. The molecule has 1 saturated heterocycles. The number of carbonyl (C=O) groups excluding carboxylic acids is 2. The Bertz CT molecular complexity index is 1220. The Morgan fingerprint density at radius 1 is 0.846 bits per heavy atom. The molecule has 0 radical (unpaired) electrons. The summed E-state index contributed by atoms with van der Waals surface area (Å²) in [6.45, 7) is 10.1. The van der Waals surface area contributed by atoms with E-state index in [1.165, 1.54) is 17.6 Å². The topological polar surface area (TPSA) is 56.3 Å². The molecule has 2 amide bonds. The van der Waals surface area contributed by atoms with Gasteiger partial charge in [0.2, 0.25) is 0 Å². The van der Waals surface area contributed by atoms with Crippen LogP contribution in [0.4, 0.5) is 10.5 Å². The summed E-state index contributed by atoms with van der Waals surface area (Å²) in [7, 11) is 3.11. The Morgan fingerprint density at radius 2 is 1.51 bits per heavy atom. The van der Waals surface area contributed by atoms with E-state index in [0.29, 0.717) is 18.7 Å². The van der Waals surface area contributed by atoms with Crippen LogP contribution in [0, 0.1) is 0 Å². The summed E-state index contributed by atoms with van der Waals surface area (Å²) in [6, 6.07) is 26.7. The van der Waals surface area contributed by atoms with E-state index in [4.69, 9.17) is 4.74 Å². The van der Waals surface area contributed by atoms with Crippen LogP contribution >= 0.6 is 0 Å². The van der Waals surface area contributed by atoms with E-state index in [9.17, 15) is 9.59 Å². The summed E-state index contributed by atoms with van der Waals surface area (Å²) in [5, 5.41) is 0. The highest BCUT2D eigenvalue weighted by atomic mass is 16.5. The van der Waals surface area contributed by atoms with Gasteiger partial charge in [-0.25, -0.2) is 4.79 Å². The maximum atomic E-state index is 12.9. The lowest BCUT2D eigenvalue weighted by Gasteiger charge is -2.40. The van der Waals surface area contributed by atoms with Crippen molar-refractivity contribution in [3.05, 3.63) is 101 Å². The van der Waals surface area contributed by atoms with E-state index in [0.717, 1.165) is 49.5 Å². The number of rotatable bonds is 9. The summed E-state index contributed by atoms with van der Waals surface area (Å²) in [6.07, 6.45) is -0.405. The number of anilines is 1. The number of piperazine rings is 1. The Morgan fingerprint density at radius 3 is 2.13 bits per heavy atom. The number of benzene rings is 3. The summed E-state index contributed by atoms with van der Waals surface area (Å²) in [5.41, 5.74) is 5.03. The molecule has 0 saturated carbocycles. The number of methoxy groups -OCH3 is 1. The second-order valence-corrected chi connectivity index (χ2v) is 9.92. The van der Waals surface area contributed by atoms with Crippen LogP contribution in [-0.2, 0) is 11.3 Å². The molecule has 0 aromatic heterocycles. The minimum absolute atomic E-state index is 0.00697. The van der Waals surface area contributed by atoms with Crippen molar-refractivity contribution in [2.75, 3.05) is 58.3 Å². The van der Waals surface area contributed by atoms with E-state index < -0.39 is 6.09 Å². The SMILES string of the molecule is CCN(CC)C(=O)c1ccc(C(c2cccc(N(C)C(=O)OC)c2)N2CCN(Cc3ccccc3)CC2)cc1. The molecule has 1 aliphatic heterocycles. The summed E-state index contributed by atoms with van der Waals surface area (Å²) in [5.74, 6) is 0.0549. The first-order valence-corrected chi connectivity index (χ1v) is 13.8. The van der Waals surface area contributed by atoms with Gasteiger partial charge >= 0.3 is 6.09 Å². The molecule has 1 aliphatic rings. The van der Waals surface area contributed by atoms with Gasteiger partial charge in [0, 0.05) is 64.1 Å². The molecule has 0 N–H and O–H groups in total. The van der Waals surface area contributed by atoms with Crippen LogP contribution in [0.5, 0.6) is 0 Å². The van der Waals surface area contributed by atoms with Gasteiger partial charge in [-0.2, -0.15) is 0 Å². The van der Waals surface area contributed by atoms with Crippen LogP contribution in [0.2, 0.25) is 0 Å². The van der Waals surface area contributed by atoms with E-state index in [-0.39, 0.29) is 11.9 Å². The first-order valence-electron chi connectivity index (χ1n) is 13.8. The molecule has 1 atom stereocenters. The maximum Gasteiger partial charge on any atom is 0.413 e. The predicted octanol–water partition coefficient (Wildman–Crippen LogP) is 5.28. The lowest BCUT2D eigenvalue weighted by Crippen LogP contribution is -2.47. The number of carbonyl (C=O) groups is 2. The molecule has 3 aromatic rings. The summed E-state index contributed by atoms with van der Waals surface area (Å²) in [4.78, 5) is 33.5. The third-order valence-electron chi connectivity index (χ3n) is 7.57. The van der Waals surface area contributed by atoms with Crippen LogP contribution in [0.3, 0.4) is 0 Å². The highest BCUT2D eigenvalue weighted by molar-refractivity contribution is 5.94. The van der Waals surface area contributed by atoms with Crippen molar-refractivity contribution >= 4 is 17.7 Å². The molecule has 206 valence electrons. The number of hydrogen-bond acceptors (Lipinski definition) is 5. The molecule has 4 rings (SSSR count). The van der Waals surface area contributed by atoms with Gasteiger partial charge in [0.25, 0.3) is 5.91 Å². The predicted molar refractivity (Wildman–Crippen MR) is 156 cm³/mol. The van der Waals surface area contributed by atoms with E-state index in [1.807, 2.05) is 43.0 Å². The number of amides is 2. The molecule has 1 fully saturated rings. The number of ether oxygens (including phenoxy) is 1. The fourth-order valence-corrected chi connectivity index (χ4v) is 5.28. The number of hydrogen-bond donors (Lipinski definition) is 0. The Hall–Kier alpha value is -3.68. The third-order valence-corrected chi connectivity index (χ3v) is 7.57. The average molecular weight is 529 g/mol. The van der Waals surface area contributed by atoms with Gasteiger partial charge in [-0.05, 0) is 54.8 Å². The van der Waals surface area contributed by atoms with Crippen LogP contribution < -0.4 is 4.90 Å². The molecule has 39 heavy (non-hydrogen) atoms. The minimum atomic E-state index is -0.405. The van der Waals surface area contributed by atoms with Crippen molar-refractivity contribution in [3.63, 3.8) is 0 Å². The lowest BCUT2D eigenvalue weighted by molar-refractivity contribution is 0.0772. The number of nitrogens with zero attached hydrogens (tertiary/aromatic N) is 4. The Labute approximate surface area is 232 Å². The first-order chi connectivity index (χ1) is 18.9. The van der Waals surface area contributed by atoms with Crippen LogP contribution in [0.1, 0.15) is 46.9 Å². The summed E-state index contributed by atoms with van der Waals surface area (Å²) >= 11 is 0. The Balaban J connectivity index is 1.60. The van der Waals surface area contributed by atoms with Gasteiger partial charge in [-0.3, -0.25) is 19.5 Å². The van der Waals surface area contributed by atoms with Gasteiger partial charge in [-0.15, -0.1) is 0 Å². The van der Waals surface area contributed by atoms with E-state index in [2.05, 4.69) is 64.4 Å². The highest BCUT2D eigenvalue weighted by Gasteiger charge is 2.27. The molecule has 0 spiro atoms. The van der Waals surface area contributed by atoms with Crippen LogP contribution in [0.25, 0.3) is 0 Å². The maximum absolute atomic E-state index is 12.9. The Kier molecular flexibility index (Phi) is 9.74. The zero-order chi connectivity index (χ0) is 27.8. The van der Waals surface area contributed by atoms with Gasteiger partial charge in [0.15, 0.2) is 0 Å². The van der Waals surface area contributed by atoms with Crippen molar-refractivity contribution in [3.8, 4) is 0 Å². The van der Waals surface area contributed by atoms with Crippen molar-refractivity contribution < 1.29 is 14.3 Å². The zero-order valence-corrected chi connectivity index (χ0v) is 23.5. The molecule has 3 aromatic carbocycles. The lowest BCUT2D eigenvalue weighted by atomic mass is 9.94. The molecular formula is C32H40N4O3. The molecule has 1 unspecified atom stereocenters. The quantitative estimate of drug-likeness (QED) is 0.378. The standard InChI is InChI=1S/C32H40N4O3/c1-5-35(6-2)31(37)27-17-15-26(16-18-27)30(28-13-10-14-29(23-28)33(3)32(38)39-4)36-21-19-34(20-22-36)24-25-11-8-7-9-12-25/h7-18,23,30H,5-6,19-22,24H2,1-4H3. The van der Waals surface area contributed by atoms with E-state index in [1.54, 1.807) is 7.05 Å². The van der Waals surface area contributed by atoms with Crippen molar-refractivity contribution in [2.24, 2.45) is 0 Å². The molecular weight excluding hydrogens is 488 g/mol. The first kappa shape index (κ1) is 28.3. The summed E-state index contributed by atoms with van der Waals surface area (Å²) < 4.78 is 4.94. The van der Waals surface area contributed by atoms with Crippen molar-refractivity contribution in [1.29, 1.82) is 0 Å². The molecule has 7 nitrogen and oxygen atoms in total. The largest absolute Gasteiger partial charge is 0.452 e. The van der Waals surface area contributed by atoms with Crippen LogP contribution in [0.15, 0.2) is 78.9 Å². The molecule has 1 heterocycles. The minimum Gasteiger partial charge on any atom is -0.452 e. The van der Waals surface area contributed by atoms with Gasteiger partial charge in [0.05, 0.1) is 13.2 Å². The second-order valence-electron chi connectivity index (χ2n) is 9.92. The van der Waals surface area contributed by atoms with Gasteiger partial charge < -0.3 is 9.64 Å². The normalized spacial score (nSPS) is 15.0. The van der Waals surface area contributed by atoms with Crippen LogP contribution in [-0.4, -0.2) is 80.1 Å².